The highest BCUT2D eigenvalue weighted by Crippen LogP contribution is 2.27. The second-order valence-electron chi connectivity index (χ2n) is 6.43. The van der Waals surface area contributed by atoms with Gasteiger partial charge in [0.2, 0.25) is 15.9 Å². The maximum absolute atomic E-state index is 13.1. The second kappa shape index (κ2) is 9.41. The zero-order valence-electron chi connectivity index (χ0n) is 16.4. The Bertz CT molecular complexity index is 930. The van der Waals surface area contributed by atoms with Gasteiger partial charge in [0.05, 0.1) is 19.7 Å². The number of sulfonamides is 1. The highest BCUT2D eigenvalue weighted by molar-refractivity contribution is 7.89. The molecule has 2 aromatic rings. The number of methoxy groups -OCH3 is 1. The number of carbonyl (C=O) groups excluding carboxylic acids is 1. The number of nitrogens with zero attached hydrogens (tertiary/aromatic N) is 1. The summed E-state index contributed by atoms with van der Waals surface area (Å²) in [4.78, 5) is 12.5. The molecular formula is C20H25ClN2O4S. The molecular weight excluding hydrogens is 400 g/mol. The predicted octanol–water partition coefficient (Wildman–Crippen LogP) is 3.55. The Morgan fingerprint density at radius 3 is 2.43 bits per heavy atom. The molecule has 0 bridgehead atoms. The summed E-state index contributed by atoms with van der Waals surface area (Å²) in [5.41, 5.74) is 1.67. The monoisotopic (exact) mass is 424 g/mol. The van der Waals surface area contributed by atoms with Crippen LogP contribution < -0.4 is 10.1 Å². The highest BCUT2D eigenvalue weighted by atomic mass is 35.5. The summed E-state index contributed by atoms with van der Waals surface area (Å²) in [6, 6.07) is 11.8. The number of carbonyl (C=O) groups is 1. The van der Waals surface area contributed by atoms with E-state index in [0.717, 1.165) is 15.4 Å². The van der Waals surface area contributed by atoms with E-state index in [4.69, 9.17) is 16.3 Å². The molecule has 0 aliphatic heterocycles. The standard InChI is InChI=1S/C20H25ClN2O4S/c1-5-23(28(25,26)19-12-14(2)6-11-18(19)27-4)13-20(24)22-15(3)16-7-9-17(21)10-8-16/h6-12,15H,5,13H2,1-4H3,(H,22,24)/t15-/m1/s1. The lowest BCUT2D eigenvalue weighted by Gasteiger charge is -2.23. The first-order valence-corrected chi connectivity index (χ1v) is 10.7. The Hall–Kier alpha value is -2.09. The number of amides is 1. The Balaban J connectivity index is 2.17. The molecule has 6 nitrogen and oxygen atoms in total. The van der Waals surface area contributed by atoms with Crippen LogP contribution in [0, 0.1) is 6.92 Å². The summed E-state index contributed by atoms with van der Waals surface area (Å²) >= 11 is 5.88. The van der Waals surface area contributed by atoms with E-state index in [9.17, 15) is 13.2 Å². The Morgan fingerprint density at radius 2 is 1.86 bits per heavy atom. The van der Waals surface area contributed by atoms with Crippen molar-refractivity contribution in [2.45, 2.75) is 31.7 Å². The van der Waals surface area contributed by atoms with E-state index in [0.29, 0.717) is 5.02 Å². The van der Waals surface area contributed by atoms with Crippen LogP contribution in [0.4, 0.5) is 0 Å². The summed E-state index contributed by atoms with van der Waals surface area (Å²) in [6.45, 7) is 5.19. The van der Waals surface area contributed by atoms with Crippen LogP contribution in [0.5, 0.6) is 5.75 Å². The molecule has 0 fully saturated rings. The molecule has 0 aliphatic rings. The minimum absolute atomic E-state index is 0.0513. The van der Waals surface area contributed by atoms with Gasteiger partial charge >= 0.3 is 0 Å². The summed E-state index contributed by atoms with van der Waals surface area (Å²) in [5.74, 6) is -0.140. The van der Waals surface area contributed by atoms with Gasteiger partial charge in [0.25, 0.3) is 0 Å². The van der Waals surface area contributed by atoms with Crippen LogP contribution >= 0.6 is 11.6 Å². The molecule has 152 valence electrons. The van der Waals surface area contributed by atoms with E-state index in [2.05, 4.69) is 5.32 Å². The summed E-state index contributed by atoms with van der Waals surface area (Å²) < 4.78 is 32.5. The van der Waals surface area contributed by atoms with Gasteiger partial charge in [-0.3, -0.25) is 4.79 Å². The number of nitrogens with one attached hydrogen (secondary N) is 1. The van der Waals surface area contributed by atoms with Crippen molar-refractivity contribution in [2.75, 3.05) is 20.2 Å². The van der Waals surface area contributed by atoms with Crippen molar-refractivity contribution in [3.63, 3.8) is 0 Å². The van der Waals surface area contributed by atoms with Crippen molar-refractivity contribution >= 4 is 27.5 Å². The van der Waals surface area contributed by atoms with Gasteiger partial charge < -0.3 is 10.1 Å². The molecule has 0 unspecified atom stereocenters. The fourth-order valence-electron chi connectivity index (χ4n) is 2.77. The molecule has 0 saturated heterocycles. The van der Waals surface area contributed by atoms with E-state index in [1.54, 1.807) is 44.2 Å². The van der Waals surface area contributed by atoms with Gasteiger partial charge in [-0.1, -0.05) is 36.7 Å². The third-order valence-electron chi connectivity index (χ3n) is 4.36. The van der Waals surface area contributed by atoms with E-state index < -0.39 is 10.0 Å². The van der Waals surface area contributed by atoms with Crippen molar-refractivity contribution in [1.82, 2.24) is 9.62 Å². The van der Waals surface area contributed by atoms with Crippen LogP contribution in [0.1, 0.15) is 31.0 Å². The fraction of sp³-hybridized carbons (Fsp3) is 0.350. The average Bonchev–Trinajstić information content (AvgIpc) is 2.66. The minimum atomic E-state index is -3.89. The van der Waals surface area contributed by atoms with E-state index in [-0.39, 0.29) is 35.7 Å². The zero-order valence-corrected chi connectivity index (χ0v) is 18.0. The van der Waals surface area contributed by atoms with Crippen LogP contribution in [0.15, 0.2) is 47.4 Å². The molecule has 1 atom stereocenters. The number of rotatable bonds is 8. The molecule has 28 heavy (non-hydrogen) atoms. The molecule has 2 aromatic carbocycles. The smallest absolute Gasteiger partial charge is 0.247 e. The molecule has 1 amide bonds. The van der Waals surface area contributed by atoms with Crippen molar-refractivity contribution in [3.8, 4) is 5.75 Å². The summed E-state index contributed by atoms with van der Waals surface area (Å²) in [5, 5.41) is 3.43. The largest absolute Gasteiger partial charge is 0.495 e. The number of ether oxygens (including phenoxy) is 1. The number of hydrogen-bond acceptors (Lipinski definition) is 4. The van der Waals surface area contributed by atoms with E-state index in [1.807, 2.05) is 19.1 Å². The van der Waals surface area contributed by atoms with Crippen molar-refractivity contribution < 1.29 is 17.9 Å². The number of halogens is 1. The van der Waals surface area contributed by atoms with Crippen molar-refractivity contribution in [1.29, 1.82) is 0 Å². The Morgan fingerprint density at radius 1 is 1.21 bits per heavy atom. The third-order valence-corrected chi connectivity index (χ3v) is 6.55. The molecule has 0 heterocycles. The molecule has 0 aliphatic carbocycles. The molecule has 0 radical (unpaired) electrons. The molecule has 2 rings (SSSR count). The maximum Gasteiger partial charge on any atom is 0.247 e. The zero-order chi connectivity index (χ0) is 20.9. The molecule has 0 saturated carbocycles. The molecule has 8 heteroatoms. The van der Waals surface area contributed by atoms with E-state index >= 15 is 0 Å². The van der Waals surface area contributed by atoms with Gasteiger partial charge in [-0.2, -0.15) is 4.31 Å². The second-order valence-corrected chi connectivity index (χ2v) is 8.77. The van der Waals surface area contributed by atoms with Gasteiger partial charge in [0.1, 0.15) is 10.6 Å². The van der Waals surface area contributed by atoms with Gasteiger partial charge in [-0.25, -0.2) is 8.42 Å². The van der Waals surface area contributed by atoms with Crippen LogP contribution in [-0.2, 0) is 14.8 Å². The SMILES string of the molecule is CCN(CC(=O)N[C@H](C)c1ccc(Cl)cc1)S(=O)(=O)c1cc(C)ccc1OC. The van der Waals surface area contributed by atoms with Crippen LogP contribution in [0.2, 0.25) is 5.02 Å². The van der Waals surface area contributed by atoms with Gasteiger partial charge in [-0.15, -0.1) is 0 Å². The van der Waals surface area contributed by atoms with Gasteiger partial charge in [0, 0.05) is 11.6 Å². The first kappa shape index (κ1) is 22.2. The summed E-state index contributed by atoms with van der Waals surface area (Å²) in [7, 11) is -2.47. The quantitative estimate of drug-likeness (QED) is 0.703. The predicted molar refractivity (Wildman–Crippen MR) is 110 cm³/mol. The lowest BCUT2D eigenvalue weighted by Crippen LogP contribution is -2.41. The topological polar surface area (TPSA) is 75.7 Å². The average molecular weight is 425 g/mol. The van der Waals surface area contributed by atoms with E-state index in [1.165, 1.54) is 7.11 Å². The van der Waals surface area contributed by atoms with Crippen molar-refractivity contribution in [2.24, 2.45) is 0 Å². The maximum atomic E-state index is 13.1. The number of benzene rings is 2. The highest BCUT2D eigenvalue weighted by Gasteiger charge is 2.28. The fourth-order valence-corrected chi connectivity index (χ4v) is 4.55. The minimum Gasteiger partial charge on any atom is -0.495 e. The summed E-state index contributed by atoms with van der Waals surface area (Å²) in [6.07, 6.45) is 0. The first-order valence-electron chi connectivity index (χ1n) is 8.88. The lowest BCUT2D eigenvalue weighted by molar-refractivity contribution is -0.121. The van der Waals surface area contributed by atoms with Crippen LogP contribution in [0.25, 0.3) is 0 Å². The number of hydrogen-bond donors (Lipinski definition) is 1. The third kappa shape index (κ3) is 5.25. The van der Waals surface area contributed by atoms with Gasteiger partial charge in [0.15, 0.2) is 0 Å². The Kier molecular flexibility index (Phi) is 7.46. The molecule has 0 aromatic heterocycles. The molecule has 0 spiro atoms. The lowest BCUT2D eigenvalue weighted by atomic mass is 10.1. The van der Waals surface area contributed by atoms with Gasteiger partial charge in [-0.05, 0) is 49.2 Å². The Labute approximate surface area is 171 Å². The number of aryl methyl sites for hydroxylation is 1. The first-order chi connectivity index (χ1) is 13.2. The number of likely N-dealkylation sites (N-methyl/N-ethyl adjacent to an activating group) is 1. The normalized spacial score (nSPS) is 12.6. The van der Waals surface area contributed by atoms with Crippen LogP contribution in [0.3, 0.4) is 0 Å². The van der Waals surface area contributed by atoms with Crippen LogP contribution in [-0.4, -0.2) is 38.8 Å². The van der Waals surface area contributed by atoms with Crippen molar-refractivity contribution in [3.05, 3.63) is 58.6 Å². The molecule has 1 N–H and O–H groups in total.